The molecule has 0 bridgehead atoms. The second-order valence-electron chi connectivity index (χ2n) is 5.19. The fourth-order valence-corrected chi connectivity index (χ4v) is 2.37. The molecule has 1 heterocycles. The van der Waals surface area contributed by atoms with Crippen molar-refractivity contribution in [3.05, 3.63) is 82.9 Å². The van der Waals surface area contributed by atoms with Crippen LogP contribution in [-0.4, -0.2) is 4.98 Å². The van der Waals surface area contributed by atoms with Crippen molar-refractivity contribution in [3.8, 4) is 16.9 Å². The summed E-state index contributed by atoms with van der Waals surface area (Å²) in [7, 11) is -4.94. The lowest BCUT2D eigenvalue weighted by Crippen LogP contribution is -2.68. The van der Waals surface area contributed by atoms with Gasteiger partial charge in [-0.05, 0) is 19.1 Å². The van der Waals surface area contributed by atoms with E-state index >= 15 is 0 Å². The van der Waals surface area contributed by atoms with Crippen LogP contribution in [0.15, 0.2) is 71.8 Å². The number of aryl methyl sites for hydroxylation is 1. The number of benzene rings is 2. The van der Waals surface area contributed by atoms with E-state index in [0.717, 1.165) is 22.6 Å². The topological polar surface area (TPSA) is 158 Å². The van der Waals surface area contributed by atoms with Crippen LogP contribution >= 0.6 is 0 Å². The van der Waals surface area contributed by atoms with Gasteiger partial charge in [-0.1, -0.05) is 53.5 Å². The second kappa shape index (κ2) is 9.06. The summed E-state index contributed by atoms with van der Waals surface area (Å²) in [5, 5.41) is 3.76. The number of hydrogen-bond acceptors (Lipinski definition) is 6. The molecule has 0 radical (unpaired) electrons. The lowest BCUT2D eigenvalue weighted by Gasteiger charge is -2.17. The van der Waals surface area contributed by atoms with Crippen molar-refractivity contribution >= 4 is 5.95 Å². The normalized spacial score (nSPS) is 10.4. The Morgan fingerprint density at radius 2 is 1.48 bits per heavy atom. The minimum atomic E-state index is -4.94. The van der Waals surface area contributed by atoms with E-state index in [1.807, 2.05) is 78.2 Å². The maximum absolute atomic E-state index is 8.85. The van der Waals surface area contributed by atoms with E-state index in [1.165, 1.54) is 0 Å². The minimum absolute atomic E-state index is 0.326. The average Bonchev–Trinajstić information content (AvgIpc) is 2.62. The fraction of sp³-hybridized carbons (Fsp3) is 0.0588. The standard InChI is InChI=1S/C17H14N5.ClHO4/c1-13-12-16(14-8-4-2-5-9-14)19-17(20-21-18)22(13)15-10-6-3-7-11-15;2-1(3,4)5/h2-12H,1H3;(H,2,3,4,5)/q+1;/p-1. The monoisotopic (exact) mass is 387 g/mol. The Morgan fingerprint density at radius 1 is 0.963 bits per heavy atom. The highest BCUT2D eigenvalue weighted by Gasteiger charge is 2.23. The maximum Gasteiger partial charge on any atom is 0.524 e. The molecule has 0 aliphatic heterocycles. The van der Waals surface area contributed by atoms with Crippen molar-refractivity contribution in [2.24, 2.45) is 5.11 Å². The molecule has 0 spiro atoms. The van der Waals surface area contributed by atoms with E-state index in [9.17, 15) is 0 Å². The molecule has 1 aromatic heterocycles. The van der Waals surface area contributed by atoms with Gasteiger partial charge in [0, 0.05) is 17.2 Å². The Hall–Kier alpha value is -3.04. The molecular weight excluding hydrogens is 374 g/mol. The summed E-state index contributed by atoms with van der Waals surface area (Å²) in [6.07, 6.45) is 0. The molecule has 0 atom stereocenters. The van der Waals surface area contributed by atoms with Crippen LogP contribution in [0.4, 0.5) is 5.95 Å². The van der Waals surface area contributed by atoms with Gasteiger partial charge in [0.2, 0.25) is 4.91 Å². The van der Waals surface area contributed by atoms with Crippen molar-refractivity contribution in [2.45, 2.75) is 6.92 Å². The van der Waals surface area contributed by atoms with E-state index in [0.29, 0.717) is 5.95 Å². The Bertz CT molecular complexity index is 937. The van der Waals surface area contributed by atoms with Crippen molar-refractivity contribution in [3.63, 3.8) is 0 Å². The zero-order chi connectivity index (χ0) is 19.9. The van der Waals surface area contributed by atoms with Gasteiger partial charge in [0.15, 0.2) is 5.69 Å². The Kier molecular flexibility index (Phi) is 6.80. The third kappa shape index (κ3) is 6.32. The summed E-state index contributed by atoms with van der Waals surface area (Å²) in [4.78, 5) is 7.42. The van der Waals surface area contributed by atoms with Crippen LogP contribution in [-0.2, 0) is 0 Å². The third-order valence-corrected chi connectivity index (χ3v) is 3.34. The molecule has 138 valence electrons. The largest absolute Gasteiger partial charge is 0.524 e. The quantitative estimate of drug-likeness (QED) is 0.256. The molecule has 0 saturated carbocycles. The number of azide groups is 1. The van der Waals surface area contributed by atoms with Crippen molar-refractivity contribution in [2.75, 3.05) is 0 Å². The molecule has 3 rings (SSSR count). The zero-order valence-corrected chi connectivity index (χ0v) is 14.9. The first-order valence-corrected chi connectivity index (χ1v) is 8.74. The summed E-state index contributed by atoms with van der Waals surface area (Å²) in [6.45, 7) is 1.97. The molecular formula is C17H14ClN5O4. The van der Waals surface area contributed by atoms with E-state index in [4.69, 9.17) is 24.2 Å². The molecule has 0 aliphatic rings. The fourth-order valence-electron chi connectivity index (χ4n) is 2.37. The number of hydrogen-bond donors (Lipinski definition) is 0. The van der Waals surface area contributed by atoms with Crippen LogP contribution in [0.3, 0.4) is 0 Å². The van der Waals surface area contributed by atoms with Crippen molar-refractivity contribution in [1.29, 1.82) is 0 Å². The molecule has 0 saturated heterocycles. The summed E-state index contributed by atoms with van der Waals surface area (Å²) >= 11 is 0. The van der Waals surface area contributed by atoms with Crippen LogP contribution in [0.25, 0.3) is 27.4 Å². The lowest BCUT2D eigenvalue weighted by molar-refractivity contribution is -2.00. The first-order chi connectivity index (χ1) is 12.8. The van der Waals surface area contributed by atoms with E-state index < -0.39 is 10.2 Å². The average molecular weight is 388 g/mol. The van der Waals surface area contributed by atoms with E-state index in [2.05, 4.69) is 15.0 Å². The molecule has 0 amide bonds. The zero-order valence-electron chi connectivity index (χ0n) is 14.1. The smallest absolute Gasteiger partial charge is 0.222 e. The van der Waals surface area contributed by atoms with Crippen LogP contribution in [0.5, 0.6) is 0 Å². The summed E-state index contributed by atoms with van der Waals surface area (Å²) < 4.78 is 35.8. The van der Waals surface area contributed by atoms with Gasteiger partial charge in [-0.2, -0.15) is 4.57 Å². The van der Waals surface area contributed by atoms with Gasteiger partial charge in [0.1, 0.15) is 5.69 Å². The highest BCUT2D eigenvalue weighted by Crippen LogP contribution is 2.20. The molecule has 9 nitrogen and oxygen atoms in total. The van der Waals surface area contributed by atoms with Crippen LogP contribution in [0.2, 0.25) is 0 Å². The van der Waals surface area contributed by atoms with E-state index in [-0.39, 0.29) is 0 Å². The maximum atomic E-state index is 8.85. The summed E-state index contributed by atoms with van der Waals surface area (Å²) in [5.74, 6) is 0.326. The molecule has 3 aromatic rings. The number of rotatable bonds is 3. The molecule has 27 heavy (non-hydrogen) atoms. The van der Waals surface area contributed by atoms with Crippen LogP contribution in [0, 0.1) is 17.2 Å². The molecule has 0 fully saturated rings. The Morgan fingerprint density at radius 3 is 2.00 bits per heavy atom. The predicted octanol–water partition coefficient (Wildman–Crippen LogP) is -0.480. The molecule has 10 heteroatoms. The summed E-state index contributed by atoms with van der Waals surface area (Å²) in [6, 6.07) is 21.5. The number of halogens is 1. The molecule has 0 aliphatic carbocycles. The first-order valence-electron chi connectivity index (χ1n) is 7.51. The number of para-hydroxylation sites is 1. The van der Waals surface area contributed by atoms with E-state index in [1.54, 1.807) is 0 Å². The predicted molar refractivity (Wildman–Crippen MR) is 84.7 cm³/mol. The minimum Gasteiger partial charge on any atom is -0.222 e. The molecule has 2 aromatic carbocycles. The van der Waals surface area contributed by atoms with Crippen LogP contribution in [0.1, 0.15) is 5.69 Å². The highest BCUT2D eigenvalue weighted by molar-refractivity contribution is 5.59. The molecule has 0 N–H and O–H groups in total. The Balaban J connectivity index is 0.000000465. The second-order valence-corrected chi connectivity index (χ2v) is 5.94. The van der Waals surface area contributed by atoms with Gasteiger partial charge in [-0.15, -0.1) is 10.2 Å². The van der Waals surface area contributed by atoms with Gasteiger partial charge in [0.05, 0.1) is 5.69 Å². The lowest BCUT2D eigenvalue weighted by atomic mass is 10.1. The SMILES string of the molecule is Cc1cc(-c2ccccc2)nc(N=[N+]=[N-])[n+]1-c1ccccc1.[O-][Cl+3]([O-])([O-])[O-]. The highest BCUT2D eigenvalue weighted by atomic mass is 35.7. The number of aromatic nitrogens is 2. The van der Waals surface area contributed by atoms with Crippen molar-refractivity contribution in [1.82, 2.24) is 4.98 Å². The first kappa shape index (κ1) is 20.3. The summed E-state index contributed by atoms with van der Waals surface area (Å²) in [5.41, 5.74) is 12.5. The van der Waals surface area contributed by atoms with Gasteiger partial charge in [-0.3, -0.25) is 0 Å². The van der Waals surface area contributed by atoms with Crippen LogP contribution < -0.4 is 23.2 Å². The third-order valence-electron chi connectivity index (χ3n) is 3.34. The number of nitrogens with zero attached hydrogens (tertiary/aromatic N) is 5. The van der Waals surface area contributed by atoms with Gasteiger partial charge < -0.3 is 0 Å². The van der Waals surface area contributed by atoms with Crippen molar-refractivity contribution < 1.29 is 33.4 Å². The van der Waals surface area contributed by atoms with Gasteiger partial charge >= 0.3 is 11.1 Å². The molecule has 0 unspecified atom stereocenters. The Labute approximate surface area is 156 Å². The van der Waals surface area contributed by atoms with Gasteiger partial charge in [-0.25, -0.2) is 18.6 Å². The van der Waals surface area contributed by atoms with Gasteiger partial charge in [0.25, 0.3) is 0 Å².